The Morgan fingerprint density at radius 1 is 1.64 bits per heavy atom. The molecule has 0 aliphatic heterocycles. The lowest BCUT2D eigenvalue weighted by atomic mass is 10.1. The molecule has 0 saturated carbocycles. The van der Waals surface area contributed by atoms with Crippen LogP contribution in [-0.2, 0) is 7.05 Å². The summed E-state index contributed by atoms with van der Waals surface area (Å²) in [6.07, 6.45) is 1.84. The standard InChI is InChI=1S/C8H9IN4S/c1-13-3-6(11-12-13)8(10)5-2-7(9)14-4-5/h2-4,8H,10H2,1H3. The Morgan fingerprint density at radius 3 is 2.93 bits per heavy atom. The Bertz CT molecular complexity index is 396. The zero-order valence-corrected chi connectivity index (χ0v) is 10.5. The maximum atomic E-state index is 6.03. The second kappa shape index (κ2) is 3.95. The average Bonchev–Trinajstić information content (AvgIpc) is 2.73. The molecule has 2 aromatic rings. The lowest BCUT2D eigenvalue weighted by molar-refractivity contribution is 0.711. The zero-order chi connectivity index (χ0) is 10.1. The fraction of sp³-hybridized carbons (Fsp3) is 0.250. The van der Waals surface area contributed by atoms with Gasteiger partial charge in [-0.25, -0.2) is 0 Å². The van der Waals surface area contributed by atoms with E-state index in [-0.39, 0.29) is 6.04 Å². The summed E-state index contributed by atoms with van der Waals surface area (Å²) in [6.45, 7) is 0. The molecule has 0 bridgehead atoms. The quantitative estimate of drug-likeness (QED) is 0.854. The van der Waals surface area contributed by atoms with Gasteiger partial charge in [0.2, 0.25) is 0 Å². The third-order valence-corrected chi connectivity index (χ3v) is 3.69. The minimum absolute atomic E-state index is 0.163. The molecule has 0 amide bonds. The summed E-state index contributed by atoms with van der Waals surface area (Å²) in [5.74, 6) is 0. The van der Waals surface area contributed by atoms with E-state index in [9.17, 15) is 0 Å². The van der Waals surface area contributed by atoms with Gasteiger partial charge in [-0.3, -0.25) is 4.68 Å². The molecule has 2 rings (SSSR count). The molecule has 1 atom stereocenters. The van der Waals surface area contributed by atoms with Gasteiger partial charge in [0, 0.05) is 7.05 Å². The van der Waals surface area contributed by atoms with E-state index in [0.29, 0.717) is 0 Å². The summed E-state index contributed by atoms with van der Waals surface area (Å²) in [5, 5.41) is 9.91. The highest BCUT2D eigenvalue weighted by atomic mass is 127. The largest absolute Gasteiger partial charge is 0.319 e. The minimum atomic E-state index is -0.163. The summed E-state index contributed by atoms with van der Waals surface area (Å²) >= 11 is 3.97. The Morgan fingerprint density at radius 2 is 2.43 bits per heavy atom. The van der Waals surface area contributed by atoms with E-state index in [1.54, 1.807) is 16.0 Å². The van der Waals surface area contributed by atoms with Crippen molar-refractivity contribution in [3.05, 3.63) is 31.8 Å². The SMILES string of the molecule is Cn1cc(C(N)c2csc(I)c2)nn1. The number of halogens is 1. The van der Waals surface area contributed by atoms with Crippen LogP contribution in [0.15, 0.2) is 17.6 Å². The summed E-state index contributed by atoms with van der Waals surface area (Å²) < 4.78 is 2.89. The lowest BCUT2D eigenvalue weighted by Gasteiger charge is -2.03. The Balaban J connectivity index is 2.28. The first-order valence-electron chi connectivity index (χ1n) is 4.02. The highest BCUT2D eigenvalue weighted by Gasteiger charge is 2.13. The third kappa shape index (κ3) is 1.96. The van der Waals surface area contributed by atoms with Crippen molar-refractivity contribution < 1.29 is 0 Å². The van der Waals surface area contributed by atoms with Crippen LogP contribution in [-0.4, -0.2) is 15.0 Å². The van der Waals surface area contributed by atoms with Gasteiger partial charge in [0.1, 0.15) is 5.69 Å². The summed E-state index contributed by atoms with van der Waals surface area (Å²) in [6, 6.07) is 1.91. The van der Waals surface area contributed by atoms with Crippen LogP contribution in [0.25, 0.3) is 0 Å². The molecule has 0 aliphatic rings. The molecule has 0 aliphatic carbocycles. The van der Waals surface area contributed by atoms with Gasteiger partial charge in [0.05, 0.1) is 15.1 Å². The van der Waals surface area contributed by atoms with Crippen LogP contribution in [0.1, 0.15) is 17.3 Å². The van der Waals surface area contributed by atoms with E-state index in [0.717, 1.165) is 11.3 Å². The third-order valence-electron chi connectivity index (χ3n) is 1.89. The van der Waals surface area contributed by atoms with Gasteiger partial charge >= 0.3 is 0 Å². The van der Waals surface area contributed by atoms with Crippen LogP contribution < -0.4 is 5.73 Å². The summed E-state index contributed by atoms with van der Waals surface area (Å²) in [7, 11) is 1.83. The fourth-order valence-electron chi connectivity index (χ4n) is 1.17. The number of hydrogen-bond donors (Lipinski definition) is 1. The average molecular weight is 320 g/mol. The molecule has 4 nitrogen and oxygen atoms in total. The second-order valence-electron chi connectivity index (χ2n) is 2.98. The van der Waals surface area contributed by atoms with E-state index in [2.05, 4.69) is 44.3 Å². The molecular formula is C8H9IN4S. The Labute approximate surface area is 99.3 Å². The van der Waals surface area contributed by atoms with Crippen molar-refractivity contribution in [3.8, 4) is 0 Å². The van der Waals surface area contributed by atoms with E-state index >= 15 is 0 Å². The number of aryl methyl sites for hydroxylation is 1. The number of nitrogens with zero attached hydrogens (tertiary/aromatic N) is 3. The molecule has 2 heterocycles. The van der Waals surface area contributed by atoms with E-state index < -0.39 is 0 Å². The van der Waals surface area contributed by atoms with E-state index in [4.69, 9.17) is 5.73 Å². The molecule has 6 heteroatoms. The maximum absolute atomic E-state index is 6.03. The molecule has 0 spiro atoms. The van der Waals surface area contributed by atoms with Crippen molar-refractivity contribution in [2.45, 2.75) is 6.04 Å². The summed E-state index contributed by atoms with van der Waals surface area (Å²) in [5.41, 5.74) is 7.93. The van der Waals surface area contributed by atoms with Gasteiger partial charge in [0.25, 0.3) is 0 Å². The number of hydrogen-bond acceptors (Lipinski definition) is 4. The van der Waals surface area contributed by atoms with Crippen molar-refractivity contribution in [2.75, 3.05) is 0 Å². The molecule has 14 heavy (non-hydrogen) atoms. The van der Waals surface area contributed by atoms with Crippen LogP contribution in [0.5, 0.6) is 0 Å². The lowest BCUT2D eigenvalue weighted by Crippen LogP contribution is -2.11. The first-order chi connectivity index (χ1) is 6.66. The predicted octanol–water partition coefficient (Wildman–Crippen LogP) is 1.53. The van der Waals surface area contributed by atoms with Crippen molar-refractivity contribution in [3.63, 3.8) is 0 Å². The van der Waals surface area contributed by atoms with Crippen molar-refractivity contribution in [1.82, 2.24) is 15.0 Å². The van der Waals surface area contributed by atoms with Gasteiger partial charge < -0.3 is 5.73 Å². The first kappa shape index (κ1) is 10.1. The smallest absolute Gasteiger partial charge is 0.104 e. The fourth-order valence-corrected chi connectivity index (χ4v) is 2.57. The highest BCUT2D eigenvalue weighted by molar-refractivity contribution is 14.1. The van der Waals surface area contributed by atoms with Crippen LogP contribution in [0.3, 0.4) is 0 Å². The Hall–Kier alpha value is -0.470. The molecular weight excluding hydrogens is 311 g/mol. The van der Waals surface area contributed by atoms with Crippen molar-refractivity contribution in [1.29, 1.82) is 0 Å². The van der Waals surface area contributed by atoms with Gasteiger partial charge in [-0.15, -0.1) is 16.4 Å². The second-order valence-corrected chi connectivity index (χ2v) is 5.78. The molecule has 0 saturated heterocycles. The molecule has 74 valence electrons. The molecule has 1 unspecified atom stereocenters. The normalized spacial score (nSPS) is 13.1. The molecule has 0 radical (unpaired) electrons. The number of nitrogens with two attached hydrogens (primary N) is 1. The van der Waals surface area contributed by atoms with Crippen LogP contribution in [0.2, 0.25) is 0 Å². The molecule has 0 aromatic carbocycles. The maximum Gasteiger partial charge on any atom is 0.104 e. The topological polar surface area (TPSA) is 56.7 Å². The van der Waals surface area contributed by atoms with E-state index in [1.807, 2.05) is 13.2 Å². The zero-order valence-electron chi connectivity index (χ0n) is 7.51. The van der Waals surface area contributed by atoms with Crippen LogP contribution >= 0.6 is 33.9 Å². The van der Waals surface area contributed by atoms with Gasteiger partial charge in [-0.2, -0.15) is 0 Å². The number of aromatic nitrogens is 3. The van der Waals surface area contributed by atoms with Crippen LogP contribution in [0, 0.1) is 2.88 Å². The van der Waals surface area contributed by atoms with E-state index in [1.165, 1.54) is 2.88 Å². The monoisotopic (exact) mass is 320 g/mol. The predicted molar refractivity (Wildman–Crippen MR) is 64.1 cm³/mol. The molecule has 2 aromatic heterocycles. The number of thiophene rings is 1. The molecule has 2 N–H and O–H groups in total. The molecule has 0 fully saturated rings. The van der Waals surface area contributed by atoms with Gasteiger partial charge in [0.15, 0.2) is 0 Å². The van der Waals surface area contributed by atoms with Crippen molar-refractivity contribution >= 4 is 33.9 Å². The minimum Gasteiger partial charge on any atom is -0.319 e. The van der Waals surface area contributed by atoms with Crippen molar-refractivity contribution in [2.24, 2.45) is 12.8 Å². The summed E-state index contributed by atoms with van der Waals surface area (Å²) in [4.78, 5) is 0. The number of rotatable bonds is 2. The highest BCUT2D eigenvalue weighted by Crippen LogP contribution is 2.24. The first-order valence-corrected chi connectivity index (χ1v) is 5.98. The van der Waals surface area contributed by atoms with Gasteiger partial charge in [-0.05, 0) is 39.6 Å². The van der Waals surface area contributed by atoms with Crippen LogP contribution in [0.4, 0.5) is 0 Å². The Kier molecular flexibility index (Phi) is 2.84. The van der Waals surface area contributed by atoms with Gasteiger partial charge in [-0.1, -0.05) is 5.21 Å².